The molecule has 19 heavy (non-hydrogen) atoms. The molecule has 3 nitrogen and oxygen atoms in total. The second kappa shape index (κ2) is 5.97. The third-order valence-corrected chi connectivity index (χ3v) is 5.23. The summed E-state index contributed by atoms with van der Waals surface area (Å²) in [6.45, 7) is 4.13. The molecule has 0 radical (unpaired) electrons. The highest BCUT2D eigenvalue weighted by Gasteiger charge is 2.38. The largest absolute Gasteiger partial charge is 0.391 e. The lowest BCUT2D eigenvalue weighted by Gasteiger charge is -2.35. The summed E-state index contributed by atoms with van der Waals surface area (Å²) in [7, 11) is 1.79. The zero-order valence-corrected chi connectivity index (χ0v) is 12.5. The van der Waals surface area contributed by atoms with Gasteiger partial charge >= 0.3 is 0 Å². The van der Waals surface area contributed by atoms with Gasteiger partial charge in [0.25, 0.3) is 0 Å². The van der Waals surface area contributed by atoms with Crippen LogP contribution in [0.3, 0.4) is 0 Å². The molecule has 0 aliphatic carbocycles. The summed E-state index contributed by atoms with van der Waals surface area (Å²) < 4.78 is 0. The average Bonchev–Trinajstić information content (AvgIpc) is 2.44. The number of aliphatic hydroxyl groups is 1. The third kappa shape index (κ3) is 2.65. The topological polar surface area (TPSA) is 40.5 Å². The quantitative estimate of drug-likeness (QED) is 0.921. The Morgan fingerprint density at radius 3 is 2.58 bits per heavy atom. The minimum atomic E-state index is -0.580. The van der Waals surface area contributed by atoms with Crippen LogP contribution in [0.15, 0.2) is 29.2 Å². The molecule has 2 atom stereocenters. The van der Waals surface area contributed by atoms with Gasteiger partial charge in [-0.2, -0.15) is 0 Å². The summed E-state index contributed by atoms with van der Waals surface area (Å²) in [6.07, 6.45) is 1.21. The van der Waals surface area contributed by atoms with Crippen LogP contribution in [0.5, 0.6) is 0 Å². The fraction of sp³-hybridized carbons (Fsp3) is 0.533. The first kappa shape index (κ1) is 14.4. The van der Waals surface area contributed by atoms with E-state index in [9.17, 15) is 9.90 Å². The molecule has 1 aliphatic heterocycles. The number of nitrogens with zero attached hydrogens (tertiary/aromatic N) is 1. The molecule has 1 aromatic carbocycles. The van der Waals surface area contributed by atoms with E-state index in [0.29, 0.717) is 0 Å². The summed E-state index contributed by atoms with van der Waals surface area (Å²) in [5, 5.41) is 10.1. The molecule has 0 saturated carbocycles. The SMILES string of the molecule is CCC(CC)[C@H](O)[C@H]1Sc2ccccc2N(C)C1=O. The van der Waals surface area contributed by atoms with Gasteiger partial charge in [-0.3, -0.25) is 4.79 Å². The molecule has 0 bridgehead atoms. The zero-order valence-electron chi connectivity index (χ0n) is 11.7. The lowest BCUT2D eigenvalue weighted by molar-refractivity contribution is -0.120. The summed E-state index contributed by atoms with van der Waals surface area (Å²) in [5.41, 5.74) is 0.936. The lowest BCUT2D eigenvalue weighted by Crippen LogP contribution is -2.46. The highest BCUT2D eigenvalue weighted by molar-refractivity contribution is 8.01. The normalized spacial score (nSPS) is 20.6. The van der Waals surface area contributed by atoms with Gasteiger partial charge in [0.05, 0.1) is 11.8 Å². The molecule has 1 aromatic rings. The van der Waals surface area contributed by atoms with E-state index in [1.807, 2.05) is 24.3 Å². The van der Waals surface area contributed by atoms with E-state index in [1.54, 1.807) is 11.9 Å². The van der Waals surface area contributed by atoms with Crippen LogP contribution in [0, 0.1) is 5.92 Å². The average molecular weight is 279 g/mol. The van der Waals surface area contributed by atoms with Crippen LogP contribution in [-0.2, 0) is 4.79 Å². The molecule has 0 unspecified atom stereocenters. The fourth-order valence-corrected chi connectivity index (χ4v) is 3.94. The van der Waals surface area contributed by atoms with Gasteiger partial charge in [-0.15, -0.1) is 11.8 Å². The first-order valence-corrected chi connectivity index (χ1v) is 7.69. The Hall–Kier alpha value is -1.00. The van der Waals surface area contributed by atoms with Crippen molar-refractivity contribution < 1.29 is 9.90 Å². The number of carbonyl (C=O) groups is 1. The van der Waals surface area contributed by atoms with Crippen LogP contribution in [0.25, 0.3) is 0 Å². The number of benzene rings is 1. The summed E-state index contributed by atoms with van der Waals surface area (Å²) in [4.78, 5) is 15.1. The number of para-hydroxylation sites is 1. The van der Waals surface area contributed by atoms with Gasteiger partial charge in [-0.05, 0) is 18.1 Å². The van der Waals surface area contributed by atoms with E-state index < -0.39 is 6.10 Å². The van der Waals surface area contributed by atoms with E-state index in [-0.39, 0.29) is 17.1 Å². The molecule has 0 aromatic heterocycles. The van der Waals surface area contributed by atoms with Crippen LogP contribution in [0.4, 0.5) is 5.69 Å². The molecular weight excluding hydrogens is 258 g/mol. The van der Waals surface area contributed by atoms with Crippen LogP contribution in [-0.4, -0.2) is 29.4 Å². The minimum absolute atomic E-state index is 0.00287. The second-order valence-electron chi connectivity index (χ2n) is 4.97. The Balaban J connectivity index is 2.28. The van der Waals surface area contributed by atoms with E-state index in [1.165, 1.54) is 11.8 Å². The third-order valence-electron chi connectivity index (χ3n) is 3.90. The van der Waals surface area contributed by atoms with Gasteiger partial charge in [-0.1, -0.05) is 38.8 Å². The van der Waals surface area contributed by atoms with E-state index in [4.69, 9.17) is 0 Å². The van der Waals surface area contributed by atoms with Crippen LogP contribution < -0.4 is 4.90 Å². The maximum absolute atomic E-state index is 12.4. The van der Waals surface area contributed by atoms with Crippen molar-refractivity contribution >= 4 is 23.4 Å². The number of hydrogen-bond donors (Lipinski definition) is 1. The maximum atomic E-state index is 12.4. The first-order chi connectivity index (χ1) is 9.10. The Kier molecular flexibility index (Phi) is 4.53. The molecule has 4 heteroatoms. The molecular formula is C15H21NO2S. The molecule has 0 saturated heterocycles. The maximum Gasteiger partial charge on any atom is 0.242 e. The van der Waals surface area contributed by atoms with Crippen LogP contribution in [0.1, 0.15) is 26.7 Å². The number of carbonyl (C=O) groups excluding carboxylic acids is 1. The zero-order chi connectivity index (χ0) is 14.0. The van der Waals surface area contributed by atoms with E-state index in [0.717, 1.165) is 23.4 Å². The lowest BCUT2D eigenvalue weighted by atomic mass is 9.93. The Bertz CT molecular complexity index is 459. The molecule has 1 heterocycles. The number of hydrogen-bond acceptors (Lipinski definition) is 3. The molecule has 0 fully saturated rings. The van der Waals surface area contributed by atoms with Crippen LogP contribution in [0.2, 0.25) is 0 Å². The highest BCUT2D eigenvalue weighted by atomic mass is 32.2. The minimum Gasteiger partial charge on any atom is -0.391 e. The fourth-order valence-electron chi connectivity index (χ4n) is 2.57. The number of anilines is 1. The van der Waals surface area contributed by atoms with Crippen molar-refractivity contribution in [2.45, 2.75) is 42.9 Å². The number of aliphatic hydroxyl groups excluding tert-OH is 1. The highest BCUT2D eigenvalue weighted by Crippen LogP contribution is 2.41. The van der Waals surface area contributed by atoms with Crippen molar-refractivity contribution in [2.75, 3.05) is 11.9 Å². The van der Waals surface area contributed by atoms with Crippen molar-refractivity contribution in [1.29, 1.82) is 0 Å². The molecule has 1 N–H and O–H groups in total. The summed E-state index contributed by atoms with van der Waals surface area (Å²) in [5.74, 6) is 0.184. The van der Waals surface area contributed by atoms with E-state index >= 15 is 0 Å². The van der Waals surface area contributed by atoms with Gasteiger partial charge in [0.1, 0.15) is 5.25 Å². The standard InChI is InChI=1S/C15H21NO2S/c1-4-10(5-2)13(17)14-15(18)16(3)11-8-6-7-9-12(11)19-14/h6-10,13-14,17H,4-5H2,1-3H3/t13-,14+/m0/s1. The van der Waals surface area contributed by atoms with Gasteiger partial charge in [0.15, 0.2) is 0 Å². The number of fused-ring (bicyclic) bond motifs is 1. The monoisotopic (exact) mass is 279 g/mol. The van der Waals surface area contributed by atoms with Crippen molar-refractivity contribution in [3.05, 3.63) is 24.3 Å². The smallest absolute Gasteiger partial charge is 0.242 e. The molecule has 0 spiro atoms. The molecule has 2 rings (SSSR count). The molecule has 104 valence electrons. The summed E-state index contributed by atoms with van der Waals surface area (Å²) >= 11 is 1.49. The van der Waals surface area contributed by atoms with Crippen molar-refractivity contribution in [3.8, 4) is 0 Å². The van der Waals surface area contributed by atoms with Crippen molar-refractivity contribution in [1.82, 2.24) is 0 Å². The summed E-state index contributed by atoms with van der Waals surface area (Å²) in [6, 6.07) is 7.85. The number of rotatable bonds is 4. The Morgan fingerprint density at radius 2 is 1.95 bits per heavy atom. The Morgan fingerprint density at radius 1 is 1.32 bits per heavy atom. The predicted molar refractivity (Wildman–Crippen MR) is 79.6 cm³/mol. The Labute approximate surface area is 119 Å². The van der Waals surface area contributed by atoms with Gasteiger partial charge in [0.2, 0.25) is 5.91 Å². The van der Waals surface area contributed by atoms with Crippen molar-refractivity contribution in [2.24, 2.45) is 5.92 Å². The van der Waals surface area contributed by atoms with Gasteiger partial charge < -0.3 is 10.0 Å². The van der Waals surface area contributed by atoms with Crippen LogP contribution >= 0.6 is 11.8 Å². The second-order valence-corrected chi connectivity index (χ2v) is 6.15. The predicted octanol–water partition coefficient (Wildman–Crippen LogP) is 2.92. The van der Waals surface area contributed by atoms with E-state index in [2.05, 4.69) is 13.8 Å². The molecule has 1 amide bonds. The number of amides is 1. The first-order valence-electron chi connectivity index (χ1n) is 6.81. The number of thioether (sulfide) groups is 1. The molecule has 1 aliphatic rings. The van der Waals surface area contributed by atoms with Gasteiger partial charge in [0, 0.05) is 11.9 Å². The van der Waals surface area contributed by atoms with Gasteiger partial charge in [-0.25, -0.2) is 0 Å². The van der Waals surface area contributed by atoms with Crippen molar-refractivity contribution in [3.63, 3.8) is 0 Å².